The van der Waals surface area contributed by atoms with Crippen molar-refractivity contribution in [3.05, 3.63) is 23.8 Å². The van der Waals surface area contributed by atoms with Gasteiger partial charge in [0.1, 0.15) is 0 Å². The first kappa shape index (κ1) is 12.8. The molecule has 1 heterocycles. The molecule has 0 bridgehead atoms. The molecule has 1 saturated heterocycles. The van der Waals surface area contributed by atoms with Gasteiger partial charge in [-0.2, -0.15) is 0 Å². The maximum absolute atomic E-state index is 5.95. The van der Waals surface area contributed by atoms with E-state index in [1.54, 1.807) is 0 Å². The molecular formula is C14H22N2S. The normalized spacial score (nSPS) is 16.2. The third-order valence-electron chi connectivity index (χ3n) is 3.31. The minimum absolute atomic E-state index is 0.648. The van der Waals surface area contributed by atoms with Gasteiger partial charge in [-0.1, -0.05) is 13.0 Å². The van der Waals surface area contributed by atoms with Gasteiger partial charge in [-0.25, -0.2) is 0 Å². The molecule has 3 heteroatoms. The third-order valence-corrected chi connectivity index (χ3v) is 4.29. The van der Waals surface area contributed by atoms with Crippen molar-refractivity contribution in [2.75, 3.05) is 23.7 Å². The van der Waals surface area contributed by atoms with Gasteiger partial charge < -0.3 is 10.6 Å². The van der Waals surface area contributed by atoms with Crippen LogP contribution < -0.4 is 10.6 Å². The summed E-state index contributed by atoms with van der Waals surface area (Å²) in [6.45, 7) is 5.22. The SMILES string of the molecule is CCSc1cccc(N2CCCCC2)c1CN. The van der Waals surface area contributed by atoms with Gasteiger partial charge in [0.15, 0.2) is 0 Å². The zero-order chi connectivity index (χ0) is 12.1. The number of hydrogen-bond donors (Lipinski definition) is 1. The van der Waals surface area contributed by atoms with Crippen LogP contribution in [0.1, 0.15) is 31.7 Å². The second-order valence-electron chi connectivity index (χ2n) is 4.44. The van der Waals surface area contributed by atoms with Crippen LogP contribution in [0.25, 0.3) is 0 Å². The fourth-order valence-corrected chi connectivity index (χ4v) is 3.33. The minimum atomic E-state index is 0.648. The maximum Gasteiger partial charge on any atom is 0.0423 e. The Kier molecular flexibility index (Phi) is 4.75. The summed E-state index contributed by atoms with van der Waals surface area (Å²) in [5.41, 5.74) is 8.65. The van der Waals surface area contributed by atoms with Crippen LogP contribution in [0.4, 0.5) is 5.69 Å². The molecular weight excluding hydrogens is 228 g/mol. The highest BCUT2D eigenvalue weighted by Crippen LogP contribution is 2.31. The summed E-state index contributed by atoms with van der Waals surface area (Å²) in [7, 11) is 0. The van der Waals surface area contributed by atoms with Crippen LogP contribution in [-0.4, -0.2) is 18.8 Å². The monoisotopic (exact) mass is 250 g/mol. The van der Waals surface area contributed by atoms with E-state index in [0.717, 1.165) is 5.75 Å². The van der Waals surface area contributed by atoms with Gasteiger partial charge in [0.25, 0.3) is 0 Å². The lowest BCUT2D eigenvalue weighted by molar-refractivity contribution is 0.576. The Hall–Kier alpha value is -0.670. The van der Waals surface area contributed by atoms with Crippen molar-refractivity contribution in [2.45, 2.75) is 37.6 Å². The van der Waals surface area contributed by atoms with E-state index in [-0.39, 0.29) is 0 Å². The molecule has 1 aliphatic heterocycles. The fraction of sp³-hybridized carbons (Fsp3) is 0.571. The summed E-state index contributed by atoms with van der Waals surface area (Å²) in [5.74, 6) is 1.11. The Morgan fingerprint density at radius 2 is 2.00 bits per heavy atom. The summed E-state index contributed by atoms with van der Waals surface area (Å²) in [4.78, 5) is 3.86. The molecule has 0 spiro atoms. The summed E-state index contributed by atoms with van der Waals surface area (Å²) < 4.78 is 0. The molecule has 1 fully saturated rings. The standard InChI is InChI=1S/C14H22N2S/c1-2-17-14-8-6-7-13(12(14)11-15)16-9-4-3-5-10-16/h6-8H,2-5,9-11,15H2,1H3. The number of nitrogens with two attached hydrogens (primary N) is 1. The number of benzene rings is 1. The molecule has 17 heavy (non-hydrogen) atoms. The number of rotatable bonds is 4. The fourth-order valence-electron chi connectivity index (χ4n) is 2.48. The molecule has 1 aromatic rings. The van der Waals surface area contributed by atoms with Crippen molar-refractivity contribution in [1.29, 1.82) is 0 Å². The van der Waals surface area contributed by atoms with Crippen molar-refractivity contribution in [3.63, 3.8) is 0 Å². The minimum Gasteiger partial charge on any atom is -0.371 e. The van der Waals surface area contributed by atoms with Crippen LogP contribution in [0.3, 0.4) is 0 Å². The molecule has 2 N–H and O–H groups in total. The second-order valence-corrected chi connectivity index (χ2v) is 5.74. The average molecular weight is 250 g/mol. The van der Waals surface area contributed by atoms with E-state index in [1.807, 2.05) is 11.8 Å². The average Bonchev–Trinajstić information content (AvgIpc) is 2.40. The van der Waals surface area contributed by atoms with Gasteiger partial charge in [-0.15, -0.1) is 11.8 Å². The highest BCUT2D eigenvalue weighted by Gasteiger charge is 2.15. The van der Waals surface area contributed by atoms with Crippen LogP contribution in [0.15, 0.2) is 23.1 Å². The van der Waals surface area contributed by atoms with Crippen LogP contribution in [0, 0.1) is 0 Å². The largest absolute Gasteiger partial charge is 0.371 e. The smallest absolute Gasteiger partial charge is 0.0423 e. The van der Waals surface area contributed by atoms with E-state index >= 15 is 0 Å². The predicted molar refractivity (Wildman–Crippen MR) is 76.8 cm³/mol. The van der Waals surface area contributed by atoms with Crippen LogP contribution in [0.2, 0.25) is 0 Å². The summed E-state index contributed by atoms with van der Waals surface area (Å²) in [6.07, 6.45) is 4.00. The first-order valence-corrected chi connectivity index (χ1v) is 7.55. The lowest BCUT2D eigenvalue weighted by Gasteiger charge is -2.31. The van der Waals surface area contributed by atoms with Gasteiger partial charge in [0, 0.05) is 35.8 Å². The van der Waals surface area contributed by atoms with E-state index in [2.05, 4.69) is 30.0 Å². The molecule has 0 aromatic heterocycles. The van der Waals surface area contributed by atoms with E-state index in [1.165, 1.54) is 48.5 Å². The maximum atomic E-state index is 5.95. The van der Waals surface area contributed by atoms with Gasteiger partial charge >= 0.3 is 0 Å². The van der Waals surface area contributed by atoms with Gasteiger partial charge in [-0.05, 0) is 37.1 Å². The van der Waals surface area contributed by atoms with Crippen molar-refractivity contribution in [1.82, 2.24) is 0 Å². The quantitative estimate of drug-likeness (QED) is 0.832. The number of nitrogens with zero attached hydrogens (tertiary/aromatic N) is 1. The zero-order valence-corrected chi connectivity index (χ0v) is 11.4. The molecule has 0 radical (unpaired) electrons. The molecule has 2 rings (SSSR count). The number of anilines is 1. The first-order chi connectivity index (χ1) is 8.36. The predicted octanol–water partition coefficient (Wildman–Crippen LogP) is 3.25. The second kappa shape index (κ2) is 6.31. The highest BCUT2D eigenvalue weighted by molar-refractivity contribution is 7.99. The van der Waals surface area contributed by atoms with Crippen molar-refractivity contribution >= 4 is 17.4 Å². The Morgan fingerprint density at radius 3 is 2.65 bits per heavy atom. The molecule has 2 nitrogen and oxygen atoms in total. The van der Waals surface area contributed by atoms with E-state index in [9.17, 15) is 0 Å². The van der Waals surface area contributed by atoms with E-state index < -0.39 is 0 Å². The van der Waals surface area contributed by atoms with Gasteiger partial charge in [0.05, 0.1) is 0 Å². The lowest BCUT2D eigenvalue weighted by Crippen LogP contribution is -2.30. The molecule has 0 amide bonds. The van der Waals surface area contributed by atoms with Crippen LogP contribution in [0.5, 0.6) is 0 Å². The zero-order valence-electron chi connectivity index (χ0n) is 10.6. The number of piperidine rings is 1. The summed E-state index contributed by atoms with van der Waals surface area (Å²) >= 11 is 1.90. The molecule has 94 valence electrons. The molecule has 1 aliphatic rings. The van der Waals surface area contributed by atoms with Crippen molar-refractivity contribution < 1.29 is 0 Å². The molecule has 1 aromatic carbocycles. The molecule has 0 atom stereocenters. The van der Waals surface area contributed by atoms with Gasteiger partial charge in [0.2, 0.25) is 0 Å². The summed E-state index contributed by atoms with van der Waals surface area (Å²) in [6, 6.07) is 6.60. The Balaban J connectivity index is 2.28. The van der Waals surface area contributed by atoms with Crippen LogP contribution in [-0.2, 0) is 6.54 Å². The number of thioether (sulfide) groups is 1. The highest BCUT2D eigenvalue weighted by atomic mass is 32.2. The first-order valence-electron chi connectivity index (χ1n) is 6.56. The van der Waals surface area contributed by atoms with Crippen LogP contribution >= 0.6 is 11.8 Å². The van der Waals surface area contributed by atoms with E-state index in [4.69, 9.17) is 5.73 Å². The number of hydrogen-bond acceptors (Lipinski definition) is 3. The Bertz CT molecular complexity index is 359. The van der Waals surface area contributed by atoms with Crippen molar-refractivity contribution in [2.24, 2.45) is 5.73 Å². The van der Waals surface area contributed by atoms with E-state index in [0.29, 0.717) is 6.54 Å². The Morgan fingerprint density at radius 1 is 1.24 bits per heavy atom. The topological polar surface area (TPSA) is 29.3 Å². The lowest BCUT2D eigenvalue weighted by atomic mass is 10.1. The molecule has 0 aliphatic carbocycles. The van der Waals surface area contributed by atoms with Gasteiger partial charge in [-0.3, -0.25) is 0 Å². The summed E-state index contributed by atoms with van der Waals surface area (Å²) in [5, 5.41) is 0. The third kappa shape index (κ3) is 2.96. The van der Waals surface area contributed by atoms with Crippen molar-refractivity contribution in [3.8, 4) is 0 Å². The molecule has 0 saturated carbocycles. The Labute approximate surface area is 109 Å². The molecule has 0 unspecified atom stereocenters.